The van der Waals surface area contributed by atoms with Gasteiger partial charge in [0.1, 0.15) is 5.69 Å². The quantitative estimate of drug-likeness (QED) is 0.854. The molecule has 1 aromatic heterocycles. The van der Waals surface area contributed by atoms with Gasteiger partial charge < -0.3 is 9.72 Å². The molecule has 0 radical (unpaired) electrons. The number of aromatic amines is 1. The van der Waals surface area contributed by atoms with Crippen LogP contribution in [-0.2, 0) is 4.74 Å². The lowest BCUT2D eigenvalue weighted by molar-refractivity contribution is 0.0521. The minimum Gasteiger partial charge on any atom is -0.461 e. The lowest BCUT2D eigenvalue weighted by atomic mass is 9.92. The van der Waals surface area contributed by atoms with Gasteiger partial charge in [0.25, 0.3) is 0 Å². The molecule has 0 amide bonds. The molecule has 0 bridgehead atoms. The Bertz CT molecular complexity index is 630. The molecule has 0 aliphatic carbocycles. The van der Waals surface area contributed by atoms with Crippen molar-refractivity contribution in [3.8, 4) is 11.1 Å². The largest absolute Gasteiger partial charge is 0.461 e. The number of aryl methyl sites for hydroxylation is 4. The molecule has 0 fully saturated rings. The Morgan fingerprint density at radius 3 is 2.20 bits per heavy atom. The highest BCUT2D eigenvalue weighted by atomic mass is 16.5. The lowest BCUT2D eigenvalue weighted by Gasteiger charge is -2.13. The first-order valence-corrected chi connectivity index (χ1v) is 6.89. The van der Waals surface area contributed by atoms with Gasteiger partial charge in [0.2, 0.25) is 0 Å². The van der Waals surface area contributed by atoms with Gasteiger partial charge in [-0.2, -0.15) is 0 Å². The van der Waals surface area contributed by atoms with Crippen LogP contribution in [0.15, 0.2) is 18.3 Å². The predicted octanol–water partition coefficient (Wildman–Crippen LogP) is 4.09. The third-order valence-electron chi connectivity index (χ3n) is 3.48. The van der Waals surface area contributed by atoms with Crippen LogP contribution in [0.4, 0.5) is 0 Å². The molecule has 3 nitrogen and oxygen atoms in total. The molecule has 0 spiro atoms. The molecule has 1 N–H and O–H groups in total. The first-order chi connectivity index (χ1) is 9.45. The average Bonchev–Trinajstić information content (AvgIpc) is 2.71. The Morgan fingerprint density at radius 2 is 1.65 bits per heavy atom. The van der Waals surface area contributed by atoms with E-state index in [9.17, 15) is 4.79 Å². The minimum atomic E-state index is -0.296. The van der Waals surface area contributed by atoms with E-state index in [1.165, 1.54) is 16.7 Å². The summed E-state index contributed by atoms with van der Waals surface area (Å²) >= 11 is 0. The van der Waals surface area contributed by atoms with Crippen LogP contribution in [0.2, 0.25) is 0 Å². The molecule has 1 aromatic carbocycles. The van der Waals surface area contributed by atoms with E-state index in [4.69, 9.17) is 4.74 Å². The lowest BCUT2D eigenvalue weighted by Crippen LogP contribution is -2.07. The first kappa shape index (κ1) is 14.4. The summed E-state index contributed by atoms with van der Waals surface area (Å²) in [5.41, 5.74) is 7.26. The summed E-state index contributed by atoms with van der Waals surface area (Å²) in [7, 11) is 0. The predicted molar refractivity (Wildman–Crippen MR) is 81.1 cm³/mol. The maximum absolute atomic E-state index is 12.1. The van der Waals surface area contributed by atoms with Crippen molar-refractivity contribution in [1.29, 1.82) is 0 Å². The Morgan fingerprint density at radius 1 is 1.05 bits per heavy atom. The number of esters is 1. The average molecular weight is 271 g/mol. The van der Waals surface area contributed by atoms with Crippen molar-refractivity contribution in [3.05, 3.63) is 46.3 Å². The number of nitrogens with one attached hydrogen (secondary N) is 1. The van der Waals surface area contributed by atoms with Crippen LogP contribution in [-0.4, -0.2) is 17.6 Å². The molecular formula is C17H21NO2. The summed E-state index contributed by atoms with van der Waals surface area (Å²) < 4.78 is 5.14. The Balaban J connectivity index is 2.64. The van der Waals surface area contributed by atoms with Crippen LogP contribution < -0.4 is 0 Å². The highest BCUT2D eigenvalue weighted by Crippen LogP contribution is 2.33. The number of hydrogen-bond acceptors (Lipinski definition) is 2. The summed E-state index contributed by atoms with van der Waals surface area (Å²) in [6, 6.07) is 4.29. The van der Waals surface area contributed by atoms with Crippen molar-refractivity contribution in [3.63, 3.8) is 0 Å². The number of carbonyl (C=O) groups is 1. The summed E-state index contributed by atoms with van der Waals surface area (Å²) in [5.74, 6) is -0.296. The second kappa shape index (κ2) is 5.53. The fraction of sp³-hybridized carbons (Fsp3) is 0.353. The van der Waals surface area contributed by atoms with E-state index in [2.05, 4.69) is 37.9 Å². The number of hydrogen-bond donors (Lipinski definition) is 1. The molecule has 0 atom stereocenters. The zero-order chi connectivity index (χ0) is 14.9. The molecule has 2 aromatic rings. The maximum atomic E-state index is 12.1. The Kier molecular flexibility index (Phi) is 3.98. The van der Waals surface area contributed by atoms with Crippen LogP contribution in [0.25, 0.3) is 11.1 Å². The smallest absolute Gasteiger partial charge is 0.355 e. The number of H-pyrrole nitrogens is 1. The van der Waals surface area contributed by atoms with Gasteiger partial charge in [0, 0.05) is 11.8 Å². The molecule has 0 unspecified atom stereocenters. The van der Waals surface area contributed by atoms with Gasteiger partial charge in [-0.25, -0.2) is 4.79 Å². The van der Waals surface area contributed by atoms with Crippen LogP contribution in [0, 0.1) is 27.7 Å². The van der Waals surface area contributed by atoms with Crippen molar-refractivity contribution < 1.29 is 9.53 Å². The van der Waals surface area contributed by atoms with Crippen molar-refractivity contribution >= 4 is 5.97 Å². The van der Waals surface area contributed by atoms with E-state index in [0.29, 0.717) is 12.3 Å². The zero-order valence-electron chi connectivity index (χ0n) is 12.8. The van der Waals surface area contributed by atoms with Gasteiger partial charge >= 0.3 is 5.97 Å². The standard InChI is InChI=1S/C17H21NO2/c1-6-20-17(19)16-15(13(5)9-18-16)14-11(3)7-10(2)8-12(14)4/h7-9,18H,6H2,1-5H3. The van der Waals surface area contributed by atoms with Gasteiger partial charge in [-0.1, -0.05) is 17.7 Å². The summed E-state index contributed by atoms with van der Waals surface area (Å²) in [5, 5.41) is 0. The number of ether oxygens (including phenoxy) is 1. The van der Waals surface area contributed by atoms with E-state index in [1.807, 2.05) is 20.0 Å². The minimum absolute atomic E-state index is 0.296. The highest BCUT2D eigenvalue weighted by Gasteiger charge is 2.20. The number of carbonyl (C=O) groups excluding carboxylic acids is 1. The van der Waals surface area contributed by atoms with E-state index in [0.717, 1.165) is 16.7 Å². The fourth-order valence-electron chi connectivity index (χ4n) is 2.78. The van der Waals surface area contributed by atoms with Crippen LogP contribution in [0.5, 0.6) is 0 Å². The molecule has 0 aliphatic heterocycles. The fourth-order valence-corrected chi connectivity index (χ4v) is 2.78. The van der Waals surface area contributed by atoms with E-state index in [-0.39, 0.29) is 5.97 Å². The monoisotopic (exact) mass is 271 g/mol. The number of aromatic nitrogens is 1. The van der Waals surface area contributed by atoms with Crippen LogP contribution in [0.3, 0.4) is 0 Å². The second-order valence-corrected chi connectivity index (χ2v) is 5.22. The summed E-state index contributed by atoms with van der Waals surface area (Å²) in [4.78, 5) is 15.1. The molecule has 0 aliphatic rings. The van der Waals surface area contributed by atoms with E-state index < -0.39 is 0 Å². The van der Waals surface area contributed by atoms with Crippen molar-refractivity contribution in [2.75, 3.05) is 6.61 Å². The Hall–Kier alpha value is -2.03. The maximum Gasteiger partial charge on any atom is 0.355 e. The van der Waals surface area contributed by atoms with Gasteiger partial charge in [0.05, 0.1) is 6.61 Å². The number of benzene rings is 1. The molecule has 2 rings (SSSR count). The number of rotatable bonds is 3. The summed E-state index contributed by atoms with van der Waals surface area (Å²) in [6.07, 6.45) is 1.86. The highest BCUT2D eigenvalue weighted by molar-refractivity contribution is 5.97. The molecule has 20 heavy (non-hydrogen) atoms. The van der Waals surface area contributed by atoms with Crippen molar-refractivity contribution in [1.82, 2.24) is 4.98 Å². The molecule has 1 heterocycles. The van der Waals surface area contributed by atoms with Crippen molar-refractivity contribution in [2.45, 2.75) is 34.6 Å². The van der Waals surface area contributed by atoms with E-state index in [1.54, 1.807) is 0 Å². The third-order valence-corrected chi connectivity index (χ3v) is 3.48. The van der Waals surface area contributed by atoms with Crippen LogP contribution in [0.1, 0.15) is 39.7 Å². The van der Waals surface area contributed by atoms with E-state index >= 15 is 0 Å². The Labute approximate surface area is 120 Å². The third kappa shape index (κ3) is 2.48. The van der Waals surface area contributed by atoms with Crippen LogP contribution >= 0.6 is 0 Å². The molecule has 0 saturated carbocycles. The van der Waals surface area contributed by atoms with Crippen molar-refractivity contribution in [2.24, 2.45) is 0 Å². The normalized spacial score (nSPS) is 10.7. The molecule has 106 valence electrons. The molecule has 3 heteroatoms. The van der Waals surface area contributed by atoms with Gasteiger partial charge in [-0.15, -0.1) is 0 Å². The molecule has 0 saturated heterocycles. The second-order valence-electron chi connectivity index (χ2n) is 5.22. The topological polar surface area (TPSA) is 42.1 Å². The SMILES string of the molecule is CCOC(=O)c1[nH]cc(C)c1-c1c(C)cc(C)cc1C. The molecular weight excluding hydrogens is 250 g/mol. The van der Waals surface area contributed by atoms with Gasteiger partial charge in [-0.05, 0) is 56.9 Å². The van der Waals surface area contributed by atoms with Gasteiger partial charge in [-0.3, -0.25) is 0 Å². The first-order valence-electron chi connectivity index (χ1n) is 6.89. The summed E-state index contributed by atoms with van der Waals surface area (Å²) in [6.45, 7) is 10.4. The van der Waals surface area contributed by atoms with Gasteiger partial charge in [0.15, 0.2) is 0 Å². The zero-order valence-corrected chi connectivity index (χ0v) is 12.8.